The summed E-state index contributed by atoms with van der Waals surface area (Å²) >= 11 is 10.7. The smallest absolute Gasteiger partial charge is 0.250 e. The van der Waals surface area contributed by atoms with E-state index in [1.165, 1.54) is 11.8 Å². The number of hydrazone groups is 1. The molecule has 0 spiro atoms. The van der Waals surface area contributed by atoms with Gasteiger partial charge in [0, 0.05) is 17.1 Å². The van der Waals surface area contributed by atoms with Gasteiger partial charge in [-0.1, -0.05) is 23.4 Å². The number of ether oxygens (including phenoxy) is 1. The predicted octanol–water partition coefficient (Wildman–Crippen LogP) is 4.63. The first-order valence-corrected chi connectivity index (χ1v) is 11.1. The molecular weight excluding hydrogens is 490 g/mol. The minimum absolute atomic E-state index is 0.169. The van der Waals surface area contributed by atoms with Crippen molar-refractivity contribution in [2.24, 2.45) is 5.10 Å². The Labute approximate surface area is 192 Å². The highest BCUT2D eigenvalue weighted by Crippen LogP contribution is 2.26. The Kier molecular flexibility index (Phi) is 7.89. The Morgan fingerprint density at radius 3 is 2.73 bits per heavy atom. The Hall–Kier alpha value is -2.36. The number of aromatic nitrogens is 3. The topological polar surface area (TPSA) is 81.4 Å². The zero-order valence-corrected chi connectivity index (χ0v) is 19.5. The molecule has 2 aromatic carbocycles. The fraction of sp³-hybridized carbons (Fsp3) is 0.200. The van der Waals surface area contributed by atoms with Crippen LogP contribution in [0.4, 0.5) is 0 Å². The molecule has 0 aliphatic carbocycles. The lowest BCUT2D eigenvalue weighted by Gasteiger charge is -2.07. The molecule has 0 saturated heterocycles. The predicted molar refractivity (Wildman–Crippen MR) is 123 cm³/mol. The molecule has 7 nitrogen and oxygen atoms in total. The van der Waals surface area contributed by atoms with E-state index in [0.29, 0.717) is 16.7 Å². The molecule has 0 fully saturated rings. The number of benzene rings is 2. The molecule has 10 heteroatoms. The van der Waals surface area contributed by atoms with Crippen LogP contribution in [-0.2, 0) is 11.3 Å². The van der Waals surface area contributed by atoms with Crippen molar-refractivity contribution in [2.75, 3.05) is 12.9 Å². The van der Waals surface area contributed by atoms with Gasteiger partial charge in [-0.25, -0.2) is 5.43 Å². The number of rotatable bonds is 8. The van der Waals surface area contributed by atoms with Crippen LogP contribution in [0.1, 0.15) is 12.5 Å². The summed E-state index contributed by atoms with van der Waals surface area (Å²) in [7, 11) is 1.60. The van der Waals surface area contributed by atoms with Crippen molar-refractivity contribution < 1.29 is 9.53 Å². The van der Waals surface area contributed by atoms with Crippen LogP contribution in [-0.4, -0.2) is 39.7 Å². The maximum Gasteiger partial charge on any atom is 0.250 e. The minimum Gasteiger partial charge on any atom is -0.496 e. The van der Waals surface area contributed by atoms with Gasteiger partial charge in [0.2, 0.25) is 0 Å². The van der Waals surface area contributed by atoms with E-state index in [9.17, 15) is 4.79 Å². The van der Waals surface area contributed by atoms with Crippen molar-refractivity contribution in [3.8, 4) is 17.1 Å². The van der Waals surface area contributed by atoms with Gasteiger partial charge in [0.1, 0.15) is 5.75 Å². The van der Waals surface area contributed by atoms with Gasteiger partial charge >= 0.3 is 0 Å². The fourth-order valence-electron chi connectivity index (χ4n) is 2.60. The number of carbonyl (C=O) groups is 1. The van der Waals surface area contributed by atoms with E-state index in [-0.39, 0.29) is 11.7 Å². The Balaban J connectivity index is 1.58. The van der Waals surface area contributed by atoms with Crippen molar-refractivity contribution in [1.82, 2.24) is 20.2 Å². The van der Waals surface area contributed by atoms with Gasteiger partial charge in [0.15, 0.2) is 11.0 Å². The van der Waals surface area contributed by atoms with Crippen molar-refractivity contribution in [3.05, 3.63) is 57.5 Å². The summed E-state index contributed by atoms with van der Waals surface area (Å²) in [4.78, 5) is 12.1. The molecule has 1 heterocycles. The molecule has 30 heavy (non-hydrogen) atoms. The van der Waals surface area contributed by atoms with Gasteiger partial charge in [-0.3, -0.25) is 4.79 Å². The molecule has 0 unspecified atom stereocenters. The van der Waals surface area contributed by atoms with E-state index >= 15 is 0 Å². The Morgan fingerprint density at radius 2 is 2.07 bits per heavy atom. The van der Waals surface area contributed by atoms with Gasteiger partial charge in [-0.2, -0.15) is 5.10 Å². The third kappa shape index (κ3) is 5.62. The number of hydrogen-bond donors (Lipinski definition) is 1. The number of hydrogen-bond acceptors (Lipinski definition) is 6. The largest absolute Gasteiger partial charge is 0.496 e. The maximum atomic E-state index is 12.1. The first kappa shape index (κ1) is 22.3. The van der Waals surface area contributed by atoms with Crippen molar-refractivity contribution in [3.63, 3.8) is 0 Å². The van der Waals surface area contributed by atoms with Crippen LogP contribution >= 0.6 is 39.3 Å². The van der Waals surface area contributed by atoms with Crippen LogP contribution < -0.4 is 10.2 Å². The average molecular weight is 509 g/mol. The van der Waals surface area contributed by atoms with Crippen LogP contribution in [0.5, 0.6) is 5.75 Å². The van der Waals surface area contributed by atoms with Crippen molar-refractivity contribution in [2.45, 2.75) is 18.6 Å². The molecule has 0 aliphatic rings. The van der Waals surface area contributed by atoms with Crippen LogP contribution in [0, 0.1) is 0 Å². The maximum absolute atomic E-state index is 12.1. The van der Waals surface area contributed by atoms with Gasteiger partial charge in [-0.05, 0) is 70.9 Å². The molecule has 0 aliphatic heterocycles. The van der Waals surface area contributed by atoms with E-state index in [2.05, 4.69) is 36.7 Å². The number of nitrogens with zero attached hydrogens (tertiary/aromatic N) is 4. The van der Waals surface area contributed by atoms with Gasteiger partial charge in [0.25, 0.3) is 5.91 Å². The highest BCUT2D eigenvalue weighted by molar-refractivity contribution is 9.10. The summed E-state index contributed by atoms with van der Waals surface area (Å²) in [5.74, 6) is 1.40. The molecule has 0 radical (unpaired) electrons. The first-order valence-electron chi connectivity index (χ1n) is 8.99. The number of halogens is 2. The summed E-state index contributed by atoms with van der Waals surface area (Å²) in [5, 5.41) is 13.8. The SMILES string of the molecule is CCn1c(SCC(=O)N/N=C/c2ccc(OC)c(Br)c2)nnc1-c1ccc(Cl)cc1. The fourth-order valence-corrected chi connectivity index (χ4v) is 4.08. The Morgan fingerprint density at radius 1 is 1.30 bits per heavy atom. The molecule has 3 rings (SSSR count). The normalized spacial score (nSPS) is 11.1. The van der Waals surface area contributed by atoms with E-state index in [1.54, 1.807) is 13.3 Å². The molecule has 0 saturated carbocycles. The molecular formula is C20H19BrClN5O2S. The van der Waals surface area contributed by atoms with Gasteiger partial charge < -0.3 is 9.30 Å². The van der Waals surface area contributed by atoms with E-state index in [0.717, 1.165) is 27.2 Å². The second-order valence-corrected chi connectivity index (χ2v) is 8.27. The van der Waals surface area contributed by atoms with Crippen LogP contribution in [0.25, 0.3) is 11.4 Å². The van der Waals surface area contributed by atoms with Gasteiger partial charge in [-0.15, -0.1) is 10.2 Å². The lowest BCUT2D eigenvalue weighted by atomic mass is 10.2. The van der Waals surface area contributed by atoms with Crippen molar-refractivity contribution in [1.29, 1.82) is 0 Å². The monoisotopic (exact) mass is 507 g/mol. The lowest BCUT2D eigenvalue weighted by molar-refractivity contribution is -0.118. The molecule has 156 valence electrons. The lowest BCUT2D eigenvalue weighted by Crippen LogP contribution is -2.20. The van der Waals surface area contributed by atoms with E-state index in [1.807, 2.05) is 54.0 Å². The number of thioether (sulfide) groups is 1. The number of amides is 1. The summed E-state index contributed by atoms with van der Waals surface area (Å²) < 4.78 is 7.96. The second kappa shape index (κ2) is 10.6. The quantitative estimate of drug-likeness (QED) is 0.272. The summed E-state index contributed by atoms with van der Waals surface area (Å²) in [6.07, 6.45) is 1.57. The van der Waals surface area contributed by atoms with E-state index < -0.39 is 0 Å². The third-order valence-electron chi connectivity index (χ3n) is 4.05. The zero-order valence-electron chi connectivity index (χ0n) is 16.3. The highest BCUT2D eigenvalue weighted by atomic mass is 79.9. The molecule has 0 bridgehead atoms. The molecule has 3 aromatic rings. The van der Waals surface area contributed by atoms with Crippen molar-refractivity contribution >= 4 is 51.4 Å². The first-order chi connectivity index (χ1) is 14.5. The van der Waals surface area contributed by atoms with E-state index in [4.69, 9.17) is 16.3 Å². The summed E-state index contributed by atoms with van der Waals surface area (Å²) in [5.41, 5.74) is 4.27. The number of nitrogens with one attached hydrogen (secondary N) is 1. The number of methoxy groups -OCH3 is 1. The third-order valence-corrected chi connectivity index (χ3v) is 5.89. The highest BCUT2D eigenvalue weighted by Gasteiger charge is 2.14. The summed E-state index contributed by atoms with van der Waals surface area (Å²) in [6, 6.07) is 12.9. The van der Waals surface area contributed by atoms with Crippen LogP contribution in [0.15, 0.2) is 57.2 Å². The molecule has 1 aromatic heterocycles. The number of carbonyl (C=O) groups excluding carboxylic acids is 1. The standard InChI is InChI=1S/C20H19BrClN5O2S/c1-3-27-19(14-5-7-15(22)8-6-14)25-26-20(27)30-12-18(28)24-23-11-13-4-9-17(29-2)16(21)10-13/h4-11H,3,12H2,1-2H3,(H,24,28)/b23-11+. The molecule has 1 amide bonds. The second-order valence-electron chi connectivity index (χ2n) is 6.03. The molecule has 0 atom stereocenters. The summed E-state index contributed by atoms with van der Waals surface area (Å²) in [6.45, 7) is 2.68. The van der Waals surface area contributed by atoms with Crippen LogP contribution in [0.3, 0.4) is 0 Å². The average Bonchev–Trinajstić information content (AvgIpc) is 3.16. The zero-order chi connectivity index (χ0) is 21.5. The molecule has 1 N–H and O–H groups in total. The minimum atomic E-state index is -0.234. The van der Waals surface area contributed by atoms with Crippen LogP contribution in [0.2, 0.25) is 5.02 Å². The van der Waals surface area contributed by atoms with Gasteiger partial charge in [0.05, 0.1) is 23.5 Å². The Bertz CT molecular complexity index is 1060.